The van der Waals surface area contributed by atoms with Gasteiger partial charge >= 0.3 is 0 Å². The van der Waals surface area contributed by atoms with Crippen LogP contribution in [0.2, 0.25) is 0 Å². The second-order valence-corrected chi connectivity index (χ2v) is 14.6. The second-order valence-electron chi connectivity index (χ2n) is 14.6. The van der Waals surface area contributed by atoms with Gasteiger partial charge in [0.1, 0.15) is 0 Å². The molecule has 0 saturated carbocycles. The van der Waals surface area contributed by atoms with E-state index in [2.05, 4.69) is 169 Å². The maximum atomic E-state index is 8.98. The highest BCUT2D eigenvalue weighted by Gasteiger charge is 2.21. The van der Waals surface area contributed by atoms with Gasteiger partial charge in [0.05, 0.1) is 23.6 Å². The van der Waals surface area contributed by atoms with Gasteiger partial charge in [0.25, 0.3) is 0 Å². The summed E-state index contributed by atoms with van der Waals surface area (Å²) in [7, 11) is 0. The van der Waals surface area contributed by atoms with Gasteiger partial charge in [-0.3, -0.25) is 0 Å². The number of benzene rings is 10. The van der Waals surface area contributed by atoms with Crippen LogP contribution in [0.4, 0.5) is 17.1 Å². The highest BCUT2D eigenvalue weighted by Crippen LogP contribution is 2.46. The average molecular weight is 744 g/mol. The van der Waals surface area contributed by atoms with E-state index in [1.807, 2.05) is 41.0 Å². The Kier molecular flexibility index (Phi) is 6.98. The van der Waals surface area contributed by atoms with Gasteiger partial charge in [0.15, 0.2) is 0 Å². The fraction of sp³-hybridized carbons (Fsp3) is 0. The van der Waals surface area contributed by atoms with Crippen LogP contribution in [-0.4, -0.2) is 4.57 Å². The molecule has 0 N–H and O–H groups in total. The molecule has 0 aliphatic heterocycles. The lowest BCUT2D eigenvalue weighted by molar-refractivity contribution is 1.18. The van der Waals surface area contributed by atoms with E-state index in [1.54, 1.807) is 0 Å². The summed E-state index contributed by atoms with van der Waals surface area (Å²) < 4.78 is 45.1. The molecule has 0 spiro atoms. The molecule has 58 heavy (non-hydrogen) atoms. The van der Waals surface area contributed by atoms with Crippen molar-refractivity contribution in [3.05, 3.63) is 230 Å². The minimum atomic E-state index is -0.417. The van der Waals surface area contributed by atoms with Crippen LogP contribution in [0.5, 0.6) is 0 Å². The molecule has 0 atom stereocenters. The molecule has 0 amide bonds. The van der Waals surface area contributed by atoms with Gasteiger partial charge in [-0.05, 0) is 110 Å². The van der Waals surface area contributed by atoms with Crippen LogP contribution in [0.3, 0.4) is 0 Å². The van der Waals surface area contributed by atoms with Gasteiger partial charge in [0, 0.05) is 33.4 Å². The number of fused-ring (bicyclic) bond motifs is 5. The van der Waals surface area contributed by atoms with Gasteiger partial charge in [-0.2, -0.15) is 0 Å². The zero-order valence-corrected chi connectivity index (χ0v) is 31.4. The number of rotatable bonds is 7. The minimum Gasteiger partial charge on any atom is -0.310 e. The Hall–Kier alpha value is -7.68. The zero-order chi connectivity index (χ0) is 42.8. The number of anilines is 3. The van der Waals surface area contributed by atoms with Gasteiger partial charge < -0.3 is 9.47 Å². The van der Waals surface area contributed by atoms with E-state index < -0.39 is 6.04 Å². The third-order valence-electron chi connectivity index (χ3n) is 11.3. The molecule has 1 aromatic heterocycles. The lowest BCUT2D eigenvalue weighted by Gasteiger charge is -2.28. The van der Waals surface area contributed by atoms with Crippen LogP contribution >= 0.6 is 0 Å². The molecule has 0 aliphatic carbocycles. The molecule has 2 nitrogen and oxygen atoms in total. The summed E-state index contributed by atoms with van der Waals surface area (Å²) in [6.07, 6.45) is 0. The van der Waals surface area contributed by atoms with E-state index >= 15 is 0 Å². The van der Waals surface area contributed by atoms with Crippen molar-refractivity contribution in [2.24, 2.45) is 0 Å². The monoisotopic (exact) mass is 743 g/mol. The van der Waals surface area contributed by atoms with Crippen LogP contribution in [0.15, 0.2) is 230 Å². The number of hydrogen-bond acceptors (Lipinski definition) is 1. The lowest BCUT2D eigenvalue weighted by Crippen LogP contribution is -2.11. The largest absolute Gasteiger partial charge is 0.310 e. The summed E-state index contributed by atoms with van der Waals surface area (Å²) in [6.45, 7) is 0. The maximum Gasteiger partial charge on any atom is 0.0645 e. The molecular formula is C56H38N2. The average Bonchev–Trinajstić information content (AvgIpc) is 3.67. The summed E-state index contributed by atoms with van der Waals surface area (Å²) in [5.41, 5.74) is 11.0. The van der Waals surface area contributed by atoms with Crippen LogP contribution in [0.1, 0.15) is 6.85 Å². The summed E-state index contributed by atoms with van der Waals surface area (Å²) >= 11 is 0. The first-order chi connectivity index (χ1) is 30.9. The smallest absolute Gasteiger partial charge is 0.0645 e. The van der Waals surface area contributed by atoms with Gasteiger partial charge in [-0.25, -0.2) is 0 Å². The Labute approximate surface area is 345 Å². The second kappa shape index (κ2) is 14.1. The van der Waals surface area contributed by atoms with Crippen molar-refractivity contribution in [3.8, 4) is 39.1 Å². The first-order valence-electron chi connectivity index (χ1n) is 22.0. The van der Waals surface area contributed by atoms with Crippen molar-refractivity contribution in [1.82, 2.24) is 4.57 Å². The lowest BCUT2D eigenvalue weighted by atomic mass is 9.96. The Balaban J connectivity index is 1.11. The first-order valence-corrected chi connectivity index (χ1v) is 19.5. The molecule has 11 rings (SSSR count). The molecule has 0 unspecified atom stereocenters. The predicted octanol–water partition coefficient (Wildman–Crippen LogP) is 15.6. The van der Waals surface area contributed by atoms with Crippen molar-refractivity contribution in [3.63, 3.8) is 0 Å². The van der Waals surface area contributed by atoms with Crippen LogP contribution in [-0.2, 0) is 0 Å². The Bertz CT molecular complexity index is 3540. The van der Waals surface area contributed by atoms with Crippen LogP contribution in [0, 0.1) is 0 Å². The van der Waals surface area contributed by atoms with Crippen molar-refractivity contribution in [2.75, 3.05) is 4.90 Å². The fourth-order valence-electron chi connectivity index (χ4n) is 8.60. The molecule has 272 valence electrons. The maximum absolute atomic E-state index is 8.98. The Morgan fingerprint density at radius 2 is 0.948 bits per heavy atom. The topological polar surface area (TPSA) is 8.17 Å². The molecule has 11 aromatic rings. The van der Waals surface area contributed by atoms with Crippen molar-refractivity contribution in [1.29, 1.82) is 0 Å². The van der Waals surface area contributed by atoms with E-state index in [0.29, 0.717) is 0 Å². The number of hydrogen-bond donors (Lipinski definition) is 0. The van der Waals surface area contributed by atoms with Crippen LogP contribution < -0.4 is 4.90 Å². The highest BCUT2D eigenvalue weighted by molar-refractivity contribution is 6.17. The number of para-hydroxylation sites is 3. The molecular weight excluding hydrogens is 701 g/mol. The Morgan fingerprint density at radius 3 is 1.76 bits per heavy atom. The molecule has 0 fully saturated rings. The molecule has 1 heterocycles. The SMILES string of the molecule is [2H]c1c([2H])c([2H])c(-n2c3ccccc3c3c(-c4ccccc4N(c4ccc(-c5ccc6ccccc6c5)cc4)c4ccc(-c5cccc6ccccc56)cc4)cccc32)c([2H])c1[2H]. The normalized spacial score (nSPS) is 12.7. The molecule has 0 aliphatic rings. The molecule has 0 radical (unpaired) electrons. The third-order valence-corrected chi connectivity index (χ3v) is 11.3. The van der Waals surface area contributed by atoms with E-state index in [1.165, 1.54) is 27.1 Å². The van der Waals surface area contributed by atoms with Crippen molar-refractivity contribution < 1.29 is 6.85 Å². The van der Waals surface area contributed by atoms with E-state index in [9.17, 15) is 0 Å². The van der Waals surface area contributed by atoms with Gasteiger partial charge in [0.2, 0.25) is 0 Å². The predicted molar refractivity (Wildman–Crippen MR) is 247 cm³/mol. The van der Waals surface area contributed by atoms with E-state index in [0.717, 1.165) is 66.7 Å². The Morgan fingerprint density at radius 1 is 0.379 bits per heavy atom. The molecule has 0 bridgehead atoms. The highest BCUT2D eigenvalue weighted by atomic mass is 15.1. The quantitative estimate of drug-likeness (QED) is 0.158. The van der Waals surface area contributed by atoms with E-state index in [-0.39, 0.29) is 29.9 Å². The van der Waals surface area contributed by atoms with Crippen molar-refractivity contribution >= 4 is 60.4 Å². The first kappa shape index (κ1) is 28.7. The number of nitrogens with zero attached hydrogens (tertiary/aromatic N) is 2. The third kappa shape index (κ3) is 5.74. The summed E-state index contributed by atoms with van der Waals surface area (Å²) in [6, 6.07) is 68.2. The zero-order valence-electron chi connectivity index (χ0n) is 36.4. The van der Waals surface area contributed by atoms with E-state index in [4.69, 9.17) is 6.85 Å². The molecule has 0 saturated heterocycles. The van der Waals surface area contributed by atoms with Gasteiger partial charge in [-0.15, -0.1) is 0 Å². The van der Waals surface area contributed by atoms with Gasteiger partial charge in [-0.1, -0.05) is 170 Å². The standard InChI is InChI=1S/C56H38N2/c1-2-18-45(19-3-1)58-54-26-11-9-22-52(54)56-51(24-13-27-55(56)58)50-21-8-10-25-53(50)57(46-34-30-40(31-35-46)44-29-28-39-14-4-5-16-43(39)38-44)47-36-32-42(33-37-47)49-23-12-17-41-15-6-7-20-48(41)49/h1-38H/i1D,2D,3D,18D,19D. The number of aromatic nitrogens is 1. The molecule has 2 heteroatoms. The summed E-state index contributed by atoms with van der Waals surface area (Å²) in [5, 5.41) is 6.64. The fourth-order valence-corrected chi connectivity index (χ4v) is 8.60. The molecule has 10 aromatic carbocycles. The minimum absolute atomic E-state index is 0.122. The van der Waals surface area contributed by atoms with Crippen molar-refractivity contribution in [2.45, 2.75) is 0 Å². The van der Waals surface area contributed by atoms with Crippen LogP contribution in [0.25, 0.3) is 82.4 Å². The summed E-state index contributed by atoms with van der Waals surface area (Å²) in [5.74, 6) is 0. The summed E-state index contributed by atoms with van der Waals surface area (Å²) in [4.78, 5) is 2.31.